The van der Waals surface area contributed by atoms with Crippen molar-refractivity contribution in [2.75, 3.05) is 0 Å². The van der Waals surface area contributed by atoms with Gasteiger partial charge in [0.2, 0.25) is 0 Å². The fourth-order valence-electron chi connectivity index (χ4n) is 2.17. The predicted molar refractivity (Wildman–Crippen MR) is 83.2 cm³/mol. The lowest BCUT2D eigenvalue weighted by Gasteiger charge is -2.12. The normalized spacial score (nSPS) is 11.0. The van der Waals surface area contributed by atoms with Crippen molar-refractivity contribution >= 4 is 12.0 Å². The van der Waals surface area contributed by atoms with Crippen LogP contribution in [-0.4, -0.2) is 15.6 Å². The highest BCUT2D eigenvalue weighted by molar-refractivity contribution is 5.85. The van der Waals surface area contributed by atoms with Crippen molar-refractivity contribution < 1.29 is 9.90 Å². The van der Waals surface area contributed by atoms with Gasteiger partial charge in [-0.3, -0.25) is 4.79 Å². The molecule has 1 aromatic heterocycles. The fourth-order valence-corrected chi connectivity index (χ4v) is 2.17. The average molecular weight is 283 g/mol. The zero-order valence-electron chi connectivity index (χ0n) is 12.0. The smallest absolute Gasteiger partial charge is 0.328 e. The number of benzene rings is 1. The number of carboxylic acid groups (broad SMARTS) is 1. The van der Waals surface area contributed by atoms with E-state index in [9.17, 15) is 9.59 Å². The van der Waals surface area contributed by atoms with Crippen LogP contribution in [0.3, 0.4) is 0 Å². The summed E-state index contributed by atoms with van der Waals surface area (Å²) in [6.07, 6.45) is 2.30. The van der Waals surface area contributed by atoms with Crippen LogP contribution in [0.4, 0.5) is 0 Å². The summed E-state index contributed by atoms with van der Waals surface area (Å²) >= 11 is 0. The van der Waals surface area contributed by atoms with Crippen LogP contribution in [0.2, 0.25) is 0 Å². The molecule has 0 saturated heterocycles. The molecule has 21 heavy (non-hydrogen) atoms. The number of carbonyl (C=O) groups is 1. The van der Waals surface area contributed by atoms with Crippen LogP contribution >= 0.6 is 0 Å². The van der Waals surface area contributed by atoms with Crippen molar-refractivity contribution in [3.63, 3.8) is 0 Å². The highest BCUT2D eigenvalue weighted by Gasteiger charge is 2.08. The van der Waals surface area contributed by atoms with Gasteiger partial charge in [0.15, 0.2) is 0 Å². The molecule has 0 saturated carbocycles. The van der Waals surface area contributed by atoms with E-state index < -0.39 is 5.97 Å². The van der Waals surface area contributed by atoms with Crippen LogP contribution in [-0.2, 0) is 11.3 Å². The predicted octanol–water partition coefficient (Wildman–Crippen LogP) is 2.94. The molecular weight excluding hydrogens is 266 g/mol. The summed E-state index contributed by atoms with van der Waals surface area (Å²) in [5, 5.41) is 8.66. The molecule has 0 aliphatic rings. The van der Waals surface area contributed by atoms with Crippen molar-refractivity contribution in [3.8, 4) is 11.3 Å². The zero-order chi connectivity index (χ0) is 15.4. The van der Waals surface area contributed by atoms with E-state index in [-0.39, 0.29) is 5.56 Å². The molecule has 1 aromatic carbocycles. The summed E-state index contributed by atoms with van der Waals surface area (Å²) in [4.78, 5) is 23.0. The maximum absolute atomic E-state index is 12.4. The van der Waals surface area contributed by atoms with Crippen LogP contribution in [0.15, 0.2) is 47.3 Å². The Labute approximate surface area is 123 Å². The second kappa shape index (κ2) is 6.22. The molecule has 4 nitrogen and oxygen atoms in total. The Morgan fingerprint density at radius 3 is 2.43 bits per heavy atom. The van der Waals surface area contributed by atoms with E-state index in [1.807, 2.05) is 44.2 Å². The number of hydrogen-bond acceptors (Lipinski definition) is 2. The number of aryl methyl sites for hydroxylation is 1. The van der Waals surface area contributed by atoms with E-state index >= 15 is 0 Å². The second-order valence-corrected chi connectivity index (χ2v) is 4.76. The van der Waals surface area contributed by atoms with Gasteiger partial charge in [0, 0.05) is 18.2 Å². The Kier molecular flexibility index (Phi) is 4.38. The first-order chi connectivity index (χ1) is 10.0. The van der Waals surface area contributed by atoms with Gasteiger partial charge in [0.25, 0.3) is 5.56 Å². The lowest BCUT2D eigenvalue weighted by molar-refractivity contribution is -0.131. The lowest BCUT2D eigenvalue weighted by Crippen LogP contribution is -2.22. The van der Waals surface area contributed by atoms with Crippen LogP contribution in [0, 0.1) is 6.92 Å². The molecule has 0 fully saturated rings. The molecule has 0 unspecified atom stereocenters. The Hall–Kier alpha value is -2.62. The summed E-state index contributed by atoms with van der Waals surface area (Å²) in [6, 6.07) is 11.4. The van der Waals surface area contributed by atoms with Gasteiger partial charge in [-0.15, -0.1) is 0 Å². The first-order valence-corrected chi connectivity index (χ1v) is 6.75. The molecule has 2 aromatic rings. The van der Waals surface area contributed by atoms with Gasteiger partial charge in [-0.2, -0.15) is 0 Å². The number of hydrogen-bond donors (Lipinski definition) is 1. The minimum absolute atomic E-state index is 0.187. The summed E-state index contributed by atoms with van der Waals surface area (Å²) in [6.45, 7) is 4.43. The average Bonchev–Trinajstić information content (AvgIpc) is 2.46. The molecule has 108 valence electrons. The first kappa shape index (κ1) is 14.8. The maximum atomic E-state index is 12.4. The molecule has 0 bridgehead atoms. The van der Waals surface area contributed by atoms with Crippen LogP contribution in [0.25, 0.3) is 17.3 Å². The third-order valence-electron chi connectivity index (χ3n) is 3.27. The van der Waals surface area contributed by atoms with E-state index in [0.29, 0.717) is 12.1 Å². The maximum Gasteiger partial charge on any atom is 0.328 e. The van der Waals surface area contributed by atoms with Crippen LogP contribution in [0.5, 0.6) is 0 Å². The number of aliphatic carboxylic acids is 1. The first-order valence-electron chi connectivity index (χ1n) is 6.75. The molecule has 0 radical (unpaired) electrons. The van der Waals surface area contributed by atoms with Crippen LogP contribution in [0.1, 0.15) is 18.1 Å². The summed E-state index contributed by atoms with van der Waals surface area (Å²) < 4.78 is 1.65. The van der Waals surface area contributed by atoms with Gasteiger partial charge in [-0.1, -0.05) is 29.8 Å². The molecule has 0 amide bonds. The molecule has 4 heteroatoms. The highest BCUT2D eigenvalue weighted by atomic mass is 16.4. The molecule has 2 rings (SSSR count). The Bertz CT molecular complexity index is 740. The zero-order valence-corrected chi connectivity index (χ0v) is 12.0. The van der Waals surface area contributed by atoms with E-state index in [0.717, 1.165) is 22.9 Å². The quantitative estimate of drug-likeness (QED) is 0.878. The molecular formula is C17H17NO3. The number of carboxylic acids is 1. The standard InChI is InChI=1S/C17H17NO3/c1-3-18-15(13-6-4-12(2)5-7-13)10-8-14(17(18)21)9-11-16(19)20/h4-11H,3H2,1-2H3,(H,19,20)/b11-9+. The minimum atomic E-state index is -1.07. The molecule has 0 atom stereocenters. The van der Waals surface area contributed by atoms with Crippen LogP contribution < -0.4 is 5.56 Å². The number of pyridine rings is 1. The SMILES string of the molecule is CCn1c(-c2ccc(C)cc2)ccc(/C=C/C(=O)O)c1=O. The number of nitrogens with zero attached hydrogens (tertiary/aromatic N) is 1. The highest BCUT2D eigenvalue weighted by Crippen LogP contribution is 2.19. The van der Waals surface area contributed by atoms with Crippen molar-refractivity contribution in [1.82, 2.24) is 4.57 Å². The molecule has 0 aliphatic carbocycles. The van der Waals surface area contributed by atoms with Gasteiger partial charge in [-0.25, -0.2) is 4.79 Å². The van der Waals surface area contributed by atoms with Gasteiger partial charge in [-0.05, 0) is 37.6 Å². The summed E-state index contributed by atoms with van der Waals surface area (Å²) in [5.41, 5.74) is 3.14. The minimum Gasteiger partial charge on any atom is -0.478 e. The van der Waals surface area contributed by atoms with Gasteiger partial charge >= 0.3 is 5.97 Å². The van der Waals surface area contributed by atoms with Crippen molar-refractivity contribution in [2.45, 2.75) is 20.4 Å². The molecule has 1 N–H and O–H groups in total. The molecule has 0 spiro atoms. The Balaban J connectivity index is 2.54. The Morgan fingerprint density at radius 1 is 1.19 bits per heavy atom. The van der Waals surface area contributed by atoms with E-state index in [2.05, 4.69) is 0 Å². The number of aromatic nitrogens is 1. The molecule has 0 aliphatic heterocycles. The van der Waals surface area contributed by atoms with Gasteiger partial charge in [0.1, 0.15) is 0 Å². The van der Waals surface area contributed by atoms with Crippen molar-refractivity contribution in [1.29, 1.82) is 0 Å². The van der Waals surface area contributed by atoms with Gasteiger partial charge < -0.3 is 9.67 Å². The third kappa shape index (κ3) is 3.28. The topological polar surface area (TPSA) is 59.3 Å². The van der Waals surface area contributed by atoms with Gasteiger partial charge in [0.05, 0.1) is 5.69 Å². The third-order valence-corrected chi connectivity index (χ3v) is 3.27. The monoisotopic (exact) mass is 283 g/mol. The summed E-state index contributed by atoms with van der Waals surface area (Å²) in [7, 11) is 0. The van der Waals surface area contributed by atoms with Crippen molar-refractivity contribution in [2.24, 2.45) is 0 Å². The lowest BCUT2D eigenvalue weighted by atomic mass is 10.1. The number of rotatable bonds is 4. The van der Waals surface area contributed by atoms with Crippen molar-refractivity contribution in [3.05, 3.63) is 64.0 Å². The summed E-state index contributed by atoms with van der Waals surface area (Å²) in [5.74, 6) is -1.07. The van der Waals surface area contributed by atoms with E-state index in [4.69, 9.17) is 5.11 Å². The largest absolute Gasteiger partial charge is 0.478 e. The fraction of sp³-hybridized carbons (Fsp3) is 0.176. The second-order valence-electron chi connectivity index (χ2n) is 4.76. The molecule has 1 heterocycles. The Morgan fingerprint density at radius 2 is 1.86 bits per heavy atom. The van der Waals surface area contributed by atoms with E-state index in [1.54, 1.807) is 10.6 Å². The van der Waals surface area contributed by atoms with E-state index in [1.165, 1.54) is 6.08 Å².